The fraction of sp³-hybridized carbons (Fsp3) is 0.444. The Hall–Kier alpha value is -0.960. The molecule has 0 radical (unpaired) electrons. The monoisotopic (exact) mass is 200 g/mol. The van der Waals surface area contributed by atoms with Crippen molar-refractivity contribution >= 4 is 17.3 Å². The maximum atomic E-state index is 5.84. The number of anilines is 1. The van der Waals surface area contributed by atoms with Crippen LogP contribution in [0.5, 0.6) is 5.75 Å². The molecule has 0 fully saturated rings. The van der Waals surface area contributed by atoms with Gasteiger partial charge in [0.1, 0.15) is 5.02 Å². The number of rotatable bonds is 4. The highest BCUT2D eigenvalue weighted by molar-refractivity contribution is 6.32. The molecule has 0 unspecified atom stereocenters. The Morgan fingerprint density at radius 3 is 2.92 bits per heavy atom. The standard InChI is InChI=1S/C9H13ClN2O/c1-2-3-4-13-9-7(10)5-12-6-8(9)11/h5-6H,2-4,11H2,1H3. The lowest BCUT2D eigenvalue weighted by atomic mass is 10.3. The van der Waals surface area contributed by atoms with Crippen LogP contribution >= 0.6 is 11.6 Å². The minimum atomic E-state index is 0.469. The summed E-state index contributed by atoms with van der Waals surface area (Å²) in [5.74, 6) is 0.546. The summed E-state index contributed by atoms with van der Waals surface area (Å²) in [5, 5.41) is 0.469. The molecule has 1 rings (SSSR count). The average molecular weight is 201 g/mol. The first-order valence-electron chi connectivity index (χ1n) is 4.27. The third-order valence-corrected chi connectivity index (χ3v) is 1.89. The lowest BCUT2D eigenvalue weighted by Gasteiger charge is -2.08. The first kappa shape index (κ1) is 10.1. The normalized spacial score (nSPS) is 10.0. The number of pyridine rings is 1. The molecule has 1 aromatic rings. The van der Waals surface area contributed by atoms with Crippen LogP contribution in [0.15, 0.2) is 12.4 Å². The van der Waals surface area contributed by atoms with Gasteiger partial charge < -0.3 is 10.5 Å². The Labute approximate surface area is 82.9 Å². The summed E-state index contributed by atoms with van der Waals surface area (Å²) < 4.78 is 5.41. The molecule has 13 heavy (non-hydrogen) atoms. The van der Waals surface area contributed by atoms with Gasteiger partial charge in [0, 0.05) is 6.20 Å². The van der Waals surface area contributed by atoms with Gasteiger partial charge in [0.25, 0.3) is 0 Å². The van der Waals surface area contributed by atoms with Crippen LogP contribution in [0.4, 0.5) is 5.69 Å². The number of unbranched alkanes of at least 4 members (excludes halogenated alkanes) is 1. The van der Waals surface area contributed by atoms with Crippen molar-refractivity contribution in [2.24, 2.45) is 0 Å². The number of ether oxygens (including phenoxy) is 1. The molecule has 0 bridgehead atoms. The summed E-state index contributed by atoms with van der Waals surface area (Å²) in [4.78, 5) is 3.84. The third kappa shape index (κ3) is 2.77. The molecule has 1 aromatic heterocycles. The Kier molecular flexibility index (Phi) is 3.83. The summed E-state index contributed by atoms with van der Waals surface area (Å²) in [6, 6.07) is 0. The predicted octanol–water partition coefficient (Wildman–Crippen LogP) is 2.50. The van der Waals surface area contributed by atoms with Crippen molar-refractivity contribution in [3.8, 4) is 5.75 Å². The zero-order chi connectivity index (χ0) is 9.68. The molecule has 1 heterocycles. The molecule has 0 aliphatic heterocycles. The maximum Gasteiger partial charge on any atom is 0.163 e. The van der Waals surface area contributed by atoms with E-state index in [4.69, 9.17) is 22.1 Å². The van der Waals surface area contributed by atoms with Gasteiger partial charge >= 0.3 is 0 Å². The van der Waals surface area contributed by atoms with Crippen LogP contribution in [0.1, 0.15) is 19.8 Å². The zero-order valence-corrected chi connectivity index (χ0v) is 8.34. The first-order valence-corrected chi connectivity index (χ1v) is 4.65. The molecule has 0 amide bonds. The van der Waals surface area contributed by atoms with Gasteiger partial charge in [-0.25, -0.2) is 0 Å². The van der Waals surface area contributed by atoms with E-state index in [9.17, 15) is 0 Å². The number of nitrogen functional groups attached to an aromatic ring is 1. The molecule has 0 aliphatic carbocycles. The summed E-state index contributed by atoms with van der Waals surface area (Å²) >= 11 is 5.84. The first-order chi connectivity index (χ1) is 6.25. The van der Waals surface area contributed by atoms with Crippen LogP contribution in [0, 0.1) is 0 Å². The lowest BCUT2D eigenvalue weighted by molar-refractivity contribution is 0.311. The van der Waals surface area contributed by atoms with Crippen LogP contribution in [0.25, 0.3) is 0 Å². The van der Waals surface area contributed by atoms with Gasteiger partial charge in [-0.3, -0.25) is 4.98 Å². The van der Waals surface area contributed by atoms with Crippen LogP contribution in [0.2, 0.25) is 5.02 Å². The van der Waals surface area contributed by atoms with Crippen molar-refractivity contribution < 1.29 is 4.74 Å². The van der Waals surface area contributed by atoms with Crippen LogP contribution < -0.4 is 10.5 Å². The average Bonchev–Trinajstić information content (AvgIpc) is 2.10. The zero-order valence-electron chi connectivity index (χ0n) is 7.59. The molecule has 0 saturated carbocycles. The van der Waals surface area contributed by atoms with E-state index >= 15 is 0 Å². The van der Waals surface area contributed by atoms with Gasteiger partial charge in [0.15, 0.2) is 5.75 Å². The SMILES string of the molecule is CCCCOc1c(N)cncc1Cl. The fourth-order valence-electron chi connectivity index (χ4n) is 0.909. The van der Waals surface area contributed by atoms with Gasteiger partial charge in [-0.1, -0.05) is 24.9 Å². The Morgan fingerprint density at radius 2 is 2.31 bits per heavy atom. The van der Waals surface area contributed by atoms with Crippen molar-refractivity contribution in [1.29, 1.82) is 0 Å². The van der Waals surface area contributed by atoms with E-state index in [2.05, 4.69) is 11.9 Å². The highest BCUT2D eigenvalue weighted by Crippen LogP contribution is 2.29. The molecule has 4 heteroatoms. The van der Waals surface area contributed by atoms with Crippen molar-refractivity contribution in [2.45, 2.75) is 19.8 Å². The third-order valence-electron chi connectivity index (χ3n) is 1.62. The molecular formula is C9H13ClN2O. The van der Waals surface area contributed by atoms with E-state index in [-0.39, 0.29) is 0 Å². The predicted molar refractivity (Wildman–Crippen MR) is 54.1 cm³/mol. The molecule has 0 aliphatic rings. The minimum absolute atomic E-state index is 0.469. The Bertz CT molecular complexity index is 258. The largest absolute Gasteiger partial charge is 0.490 e. The van der Waals surface area contributed by atoms with Gasteiger partial charge in [0.2, 0.25) is 0 Å². The summed E-state index contributed by atoms with van der Waals surface area (Å²) in [5.41, 5.74) is 6.12. The van der Waals surface area contributed by atoms with Crippen molar-refractivity contribution in [3.63, 3.8) is 0 Å². The quantitative estimate of drug-likeness (QED) is 0.760. The number of nitrogens with zero attached hydrogens (tertiary/aromatic N) is 1. The van der Waals surface area contributed by atoms with Crippen molar-refractivity contribution in [2.75, 3.05) is 12.3 Å². The summed E-state index contributed by atoms with van der Waals surface area (Å²) in [6.07, 6.45) is 5.15. The van der Waals surface area contributed by atoms with E-state index in [0.29, 0.717) is 23.1 Å². The molecule has 0 aromatic carbocycles. The second-order valence-electron chi connectivity index (χ2n) is 2.74. The molecule has 0 atom stereocenters. The van der Waals surface area contributed by atoms with Gasteiger partial charge in [0.05, 0.1) is 18.5 Å². The van der Waals surface area contributed by atoms with E-state index in [0.717, 1.165) is 12.8 Å². The Balaban J connectivity index is 2.64. The molecule has 2 N–H and O–H groups in total. The number of nitrogens with two attached hydrogens (primary N) is 1. The smallest absolute Gasteiger partial charge is 0.163 e. The van der Waals surface area contributed by atoms with Gasteiger partial charge in [-0.2, -0.15) is 0 Å². The maximum absolute atomic E-state index is 5.84. The van der Waals surface area contributed by atoms with Crippen molar-refractivity contribution in [1.82, 2.24) is 4.98 Å². The molecule has 0 spiro atoms. The minimum Gasteiger partial charge on any atom is -0.490 e. The molecular weight excluding hydrogens is 188 g/mol. The molecule has 0 saturated heterocycles. The second-order valence-corrected chi connectivity index (χ2v) is 3.15. The van der Waals surface area contributed by atoms with E-state index in [1.807, 2.05) is 0 Å². The van der Waals surface area contributed by atoms with E-state index in [1.54, 1.807) is 0 Å². The van der Waals surface area contributed by atoms with Crippen LogP contribution in [-0.4, -0.2) is 11.6 Å². The number of aromatic nitrogens is 1. The van der Waals surface area contributed by atoms with E-state index in [1.165, 1.54) is 12.4 Å². The Morgan fingerprint density at radius 1 is 1.54 bits per heavy atom. The van der Waals surface area contributed by atoms with Crippen LogP contribution in [0.3, 0.4) is 0 Å². The van der Waals surface area contributed by atoms with E-state index < -0.39 is 0 Å². The summed E-state index contributed by atoms with van der Waals surface area (Å²) in [7, 11) is 0. The van der Waals surface area contributed by atoms with Gasteiger partial charge in [-0.15, -0.1) is 0 Å². The molecule has 72 valence electrons. The highest BCUT2D eigenvalue weighted by Gasteiger charge is 2.05. The number of halogens is 1. The van der Waals surface area contributed by atoms with Gasteiger partial charge in [-0.05, 0) is 6.42 Å². The van der Waals surface area contributed by atoms with Crippen molar-refractivity contribution in [3.05, 3.63) is 17.4 Å². The van der Waals surface area contributed by atoms with Crippen LogP contribution in [-0.2, 0) is 0 Å². The number of hydrogen-bond donors (Lipinski definition) is 1. The number of hydrogen-bond acceptors (Lipinski definition) is 3. The fourth-order valence-corrected chi connectivity index (χ4v) is 1.13. The highest BCUT2D eigenvalue weighted by atomic mass is 35.5. The summed E-state index contributed by atoms with van der Waals surface area (Å²) in [6.45, 7) is 2.74. The topological polar surface area (TPSA) is 48.1 Å². The second kappa shape index (κ2) is 4.92. The lowest BCUT2D eigenvalue weighted by Crippen LogP contribution is -2.00. The molecule has 3 nitrogen and oxygen atoms in total.